The number of aryl methyl sites for hydroxylation is 1. The summed E-state index contributed by atoms with van der Waals surface area (Å²) in [5.41, 5.74) is 1.39. The van der Waals surface area contributed by atoms with Gasteiger partial charge in [0.15, 0.2) is 5.82 Å². The van der Waals surface area contributed by atoms with Gasteiger partial charge in [0.1, 0.15) is 5.75 Å². The summed E-state index contributed by atoms with van der Waals surface area (Å²) < 4.78 is 86.1. The molecule has 180 valence electrons. The lowest BCUT2D eigenvalue weighted by atomic mass is 9.82. The summed E-state index contributed by atoms with van der Waals surface area (Å²) in [6.07, 6.45) is -1.05. The quantitative estimate of drug-likeness (QED) is 0.470. The zero-order valence-corrected chi connectivity index (χ0v) is 18.9. The molecule has 1 N–H and O–H groups in total. The van der Waals surface area contributed by atoms with E-state index in [1.165, 1.54) is 24.3 Å². The maximum Gasteiger partial charge on any atom is 0.416 e. The van der Waals surface area contributed by atoms with Crippen molar-refractivity contribution in [2.75, 3.05) is 11.3 Å². The minimum Gasteiger partial charge on any atom is -0.493 e. The summed E-state index contributed by atoms with van der Waals surface area (Å²) in [5.74, 6) is -0.895. The minimum atomic E-state index is -4.43. The van der Waals surface area contributed by atoms with Gasteiger partial charge >= 0.3 is 6.18 Å². The van der Waals surface area contributed by atoms with Crippen molar-refractivity contribution in [1.82, 2.24) is 9.97 Å². The fraction of sp³-hybridized carbons (Fsp3) is 0.304. The molecule has 0 aliphatic carbocycles. The molecular weight excluding hydrogens is 474 g/mol. The smallest absolute Gasteiger partial charge is 0.416 e. The average Bonchev–Trinajstić information content (AvgIpc) is 2.79. The number of sulfonamides is 1. The zero-order valence-electron chi connectivity index (χ0n) is 18.1. The van der Waals surface area contributed by atoms with E-state index in [0.717, 1.165) is 24.0 Å². The van der Waals surface area contributed by atoms with Gasteiger partial charge in [-0.3, -0.25) is 0 Å². The number of nitrogens with zero attached hydrogens (tertiary/aromatic N) is 2. The van der Waals surface area contributed by atoms with Gasteiger partial charge in [-0.15, -0.1) is 0 Å². The molecule has 1 aliphatic rings. The first kappa shape index (κ1) is 23.9. The molecule has 0 fully saturated rings. The molecule has 1 unspecified atom stereocenters. The molecule has 1 aromatic heterocycles. The predicted octanol–water partition coefficient (Wildman–Crippen LogP) is 5.30. The fourth-order valence-corrected chi connectivity index (χ4v) is 4.98. The molecule has 34 heavy (non-hydrogen) atoms. The van der Waals surface area contributed by atoms with E-state index in [1.807, 2.05) is 6.92 Å². The molecule has 2 heterocycles. The Balaban J connectivity index is 1.68. The Hall–Kier alpha value is -3.21. The third-order valence-corrected chi connectivity index (χ3v) is 6.87. The van der Waals surface area contributed by atoms with E-state index in [2.05, 4.69) is 14.7 Å². The number of halogens is 4. The van der Waals surface area contributed by atoms with Crippen molar-refractivity contribution in [3.63, 3.8) is 0 Å². The van der Waals surface area contributed by atoms with Crippen molar-refractivity contribution < 1.29 is 30.7 Å². The number of aromatic nitrogens is 2. The Morgan fingerprint density at radius 1 is 1.09 bits per heavy atom. The van der Waals surface area contributed by atoms with Crippen LogP contribution in [0, 0.1) is 5.82 Å². The zero-order chi connectivity index (χ0) is 24.5. The molecule has 0 amide bonds. The lowest BCUT2D eigenvalue weighted by Crippen LogP contribution is -2.19. The van der Waals surface area contributed by atoms with E-state index in [4.69, 9.17) is 4.74 Å². The number of alkyl halides is 3. The van der Waals surface area contributed by atoms with Crippen LogP contribution in [-0.2, 0) is 22.6 Å². The second-order valence-electron chi connectivity index (χ2n) is 7.88. The van der Waals surface area contributed by atoms with E-state index in [1.54, 1.807) is 6.07 Å². The number of fused-ring (bicyclic) bond motifs is 1. The Bertz CT molecular complexity index is 1300. The first-order chi connectivity index (χ1) is 16.1. The van der Waals surface area contributed by atoms with Gasteiger partial charge in [-0.1, -0.05) is 25.5 Å². The Labute approximate surface area is 194 Å². The molecule has 0 saturated heterocycles. The highest BCUT2D eigenvalue weighted by atomic mass is 32.2. The van der Waals surface area contributed by atoms with Crippen LogP contribution in [0.15, 0.2) is 53.7 Å². The topological polar surface area (TPSA) is 81.2 Å². The third kappa shape index (κ3) is 4.98. The van der Waals surface area contributed by atoms with E-state index < -0.39 is 27.6 Å². The molecule has 3 aromatic rings. The molecule has 0 bridgehead atoms. The van der Waals surface area contributed by atoms with E-state index in [9.17, 15) is 26.0 Å². The molecule has 0 saturated carbocycles. The SMILES string of the molecule is CCCc1cc(C(F)(F)F)ccc1C1CCOc2cc(S(=O)(=O)Nc3ncc(F)cn3)ccc21. The highest BCUT2D eigenvalue weighted by Crippen LogP contribution is 2.42. The minimum absolute atomic E-state index is 0.110. The van der Waals surface area contributed by atoms with Crippen molar-refractivity contribution in [1.29, 1.82) is 0 Å². The second-order valence-corrected chi connectivity index (χ2v) is 9.56. The normalized spacial score (nSPS) is 16.0. The van der Waals surface area contributed by atoms with Crippen LogP contribution in [0.4, 0.5) is 23.5 Å². The molecule has 0 spiro atoms. The number of anilines is 1. The molecule has 1 aliphatic heterocycles. The molecule has 0 radical (unpaired) electrons. The van der Waals surface area contributed by atoms with Crippen LogP contribution in [0.3, 0.4) is 0 Å². The molecule has 11 heteroatoms. The average molecular weight is 495 g/mol. The molecule has 6 nitrogen and oxygen atoms in total. The standard InChI is InChI=1S/C23H21F4N3O3S/c1-2-3-14-10-15(23(25,26)27)4-6-18(14)19-8-9-33-21-11-17(5-7-20(19)21)34(31,32)30-22-28-12-16(24)13-29-22/h4-7,10-13,19H,2-3,8-9H2,1H3,(H,28,29,30). The summed E-state index contributed by atoms with van der Waals surface area (Å²) >= 11 is 0. The lowest BCUT2D eigenvalue weighted by Gasteiger charge is -2.28. The van der Waals surface area contributed by atoms with Gasteiger partial charge in [-0.05, 0) is 42.2 Å². The third-order valence-electron chi connectivity index (χ3n) is 5.55. The van der Waals surface area contributed by atoms with Crippen LogP contribution in [0.2, 0.25) is 0 Å². The summed E-state index contributed by atoms with van der Waals surface area (Å²) in [6.45, 7) is 2.18. The van der Waals surface area contributed by atoms with Gasteiger partial charge in [0.25, 0.3) is 10.0 Å². The van der Waals surface area contributed by atoms with Crippen LogP contribution in [0.1, 0.15) is 47.9 Å². The maximum absolute atomic E-state index is 13.2. The van der Waals surface area contributed by atoms with Gasteiger partial charge in [-0.2, -0.15) is 13.2 Å². The number of nitrogens with one attached hydrogen (secondary N) is 1. The summed E-state index contributed by atoms with van der Waals surface area (Å²) in [4.78, 5) is 7.07. The molecular formula is C23H21F4N3O3S. The van der Waals surface area contributed by atoms with E-state index in [0.29, 0.717) is 36.1 Å². The van der Waals surface area contributed by atoms with Gasteiger partial charge in [0.2, 0.25) is 5.95 Å². The van der Waals surface area contributed by atoms with Crippen LogP contribution < -0.4 is 9.46 Å². The Morgan fingerprint density at radius 3 is 2.47 bits per heavy atom. The molecule has 2 aromatic carbocycles. The Kier molecular flexibility index (Phi) is 6.48. The molecule has 4 rings (SSSR count). The van der Waals surface area contributed by atoms with Crippen molar-refractivity contribution in [3.05, 3.63) is 76.9 Å². The summed E-state index contributed by atoms with van der Waals surface area (Å²) in [7, 11) is -4.08. The first-order valence-corrected chi connectivity index (χ1v) is 12.0. The predicted molar refractivity (Wildman–Crippen MR) is 117 cm³/mol. The Morgan fingerprint density at radius 2 is 1.79 bits per heavy atom. The number of rotatable bonds is 6. The highest BCUT2D eigenvalue weighted by molar-refractivity contribution is 7.92. The van der Waals surface area contributed by atoms with Gasteiger partial charge in [0, 0.05) is 17.5 Å². The van der Waals surface area contributed by atoms with Crippen molar-refractivity contribution in [3.8, 4) is 5.75 Å². The van der Waals surface area contributed by atoms with Crippen LogP contribution in [-0.4, -0.2) is 25.0 Å². The highest BCUT2D eigenvalue weighted by Gasteiger charge is 2.33. The van der Waals surface area contributed by atoms with Crippen molar-refractivity contribution in [2.45, 2.75) is 43.2 Å². The maximum atomic E-state index is 13.2. The lowest BCUT2D eigenvalue weighted by molar-refractivity contribution is -0.137. The van der Waals surface area contributed by atoms with Crippen LogP contribution in [0.5, 0.6) is 5.75 Å². The van der Waals surface area contributed by atoms with Crippen molar-refractivity contribution in [2.24, 2.45) is 0 Å². The fourth-order valence-electron chi connectivity index (χ4n) is 4.01. The van der Waals surface area contributed by atoms with E-state index in [-0.39, 0.29) is 23.4 Å². The number of ether oxygens (including phenoxy) is 1. The second kappa shape index (κ2) is 9.21. The van der Waals surface area contributed by atoms with Gasteiger partial charge < -0.3 is 4.74 Å². The number of hydrogen-bond donors (Lipinski definition) is 1. The van der Waals surface area contributed by atoms with Crippen LogP contribution in [0.25, 0.3) is 0 Å². The number of benzene rings is 2. The largest absolute Gasteiger partial charge is 0.493 e. The van der Waals surface area contributed by atoms with Gasteiger partial charge in [-0.25, -0.2) is 27.5 Å². The van der Waals surface area contributed by atoms with Gasteiger partial charge in [0.05, 0.1) is 29.5 Å². The summed E-state index contributed by atoms with van der Waals surface area (Å²) in [6, 6.07) is 8.12. The first-order valence-electron chi connectivity index (χ1n) is 10.6. The summed E-state index contributed by atoms with van der Waals surface area (Å²) in [5, 5.41) is 0. The molecule has 1 atom stereocenters. The van der Waals surface area contributed by atoms with Crippen LogP contribution >= 0.6 is 0 Å². The van der Waals surface area contributed by atoms with Crippen molar-refractivity contribution >= 4 is 16.0 Å². The van der Waals surface area contributed by atoms with E-state index >= 15 is 0 Å². The monoisotopic (exact) mass is 495 g/mol. The number of hydrogen-bond acceptors (Lipinski definition) is 5.